The number of anilines is 3. The topological polar surface area (TPSA) is 50.9 Å². The first-order valence-electron chi connectivity index (χ1n) is 6.42. The summed E-state index contributed by atoms with van der Waals surface area (Å²) in [6.07, 6.45) is 1.60. The van der Waals surface area contributed by atoms with Crippen molar-refractivity contribution in [3.8, 4) is 0 Å². The van der Waals surface area contributed by atoms with E-state index >= 15 is 0 Å². The van der Waals surface area contributed by atoms with Gasteiger partial charge in [0.05, 0.1) is 5.69 Å². The first-order chi connectivity index (χ1) is 10.1. The van der Waals surface area contributed by atoms with Gasteiger partial charge < -0.3 is 11.1 Å². The van der Waals surface area contributed by atoms with Crippen molar-refractivity contribution in [1.82, 2.24) is 4.98 Å². The van der Waals surface area contributed by atoms with Gasteiger partial charge in [0, 0.05) is 28.7 Å². The third kappa shape index (κ3) is 2.38. The highest BCUT2D eigenvalue weighted by atomic mass is 19.1. The fraction of sp³-hybridized carbons (Fsp3) is 0.0625. The van der Waals surface area contributed by atoms with Crippen LogP contribution in [-0.4, -0.2) is 4.98 Å². The highest BCUT2D eigenvalue weighted by Gasteiger charge is 2.10. The molecule has 2 aromatic carbocycles. The zero-order chi connectivity index (χ0) is 15.0. The molecule has 3 aromatic rings. The Bertz CT molecular complexity index is 831. The van der Waals surface area contributed by atoms with Crippen LogP contribution in [0, 0.1) is 18.6 Å². The van der Waals surface area contributed by atoms with Crippen LogP contribution in [-0.2, 0) is 0 Å². The van der Waals surface area contributed by atoms with Gasteiger partial charge in [0.15, 0.2) is 0 Å². The molecule has 5 heteroatoms. The van der Waals surface area contributed by atoms with Crippen LogP contribution >= 0.6 is 0 Å². The van der Waals surface area contributed by atoms with Crippen LogP contribution in [0.25, 0.3) is 10.8 Å². The minimum absolute atomic E-state index is 0.165. The number of hydrogen-bond acceptors (Lipinski definition) is 3. The Labute approximate surface area is 120 Å². The molecule has 0 saturated carbocycles. The Balaban J connectivity index is 2.15. The molecule has 1 heterocycles. The van der Waals surface area contributed by atoms with E-state index in [1.165, 1.54) is 12.1 Å². The van der Waals surface area contributed by atoms with E-state index in [2.05, 4.69) is 10.3 Å². The Hall–Kier alpha value is -2.69. The van der Waals surface area contributed by atoms with Gasteiger partial charge in [-0.2, -0.15) is 0 Å². The summed E-state index contributed by atoms with van der Waals surface area (Å²) in [5.74, 6) is -0.803. The van der Waals surface area contributed by atoms with E-state index in [1.807, 2.05) is 25.1 Å². The van der Waals surface area contributed by atoms with Crippen molar-refractivity contribution in [2.75, 3.05) is 11.1 Å². The lowest BCUT2D eigenvalue weighted by Gasteiger charge is -2.12. The SMILES string of the molecule is Cc1ccc(N)c2ccnc(Nc3ccc(F)cc3F)c12. The minimum Gasteiger partial charge on any atom is -0.398 e. The van der Waals surface area contributed by atoms with E-state index in [1.54, 1.807) is 6.20 Å². The fourth-order valence-electron chi connectivity index (χ4n) is 2.30. The molecule has 0 aliphatic rings. The number of rotatable bonds is 2. The normalized spacial score (nSPS) is 10.8. The summed E-state index contributed by atoms with van der Waals surface area (Å²) in [6.45, 7) is 1.93. The van der Waals surface area contributed by atoms with Crippen LogP contribution in [0.1, 0.15) is 5.56 Å². The number of nitrogens with two attached hydrogens (primary N) is 1. The van der Waals surface area contributed by atoms with Gasteiger partial charge in [0.25, 0.3) is 0 Å². The molecule has 0 aliphatic heterocycles. The van der Waals surface area contributed by atoms with Crippen LogP contribution in [0.3, 0.4) is 0 Å². The van der Waals surface area contributed by atoms with Gasteiger partial charge in [0.2, 0.25) is 0 Å². The minimum atomic E-state index is -0.671. The van der Waals surface area contributed by atoms with E-state index < -0.39 is 11.6 Å². The molecule has 1 aromatic heterocycles. The molecule has 3 nitrogen and oxygen atoms in total. The number of fused-ring (bicyclic) bond motifs is 1. The molecule has 0 saturated heterocycles. The van der Waals surface area contributed by atoms with Crippen molar-refractivity contribution in [1.29, 1.82) is 0 Å². The van der Waals surface area contributed by atoms with Gasteiger partial charge in [-0.1, -0.05) is 6.07 Å². The van der Waals surface area contributed by atoms with E-state index in [4.69, 9.17) is 5.73 Å². The van der Waals surface area contributed by atoms with Gasteiger partial charge in [-0.3, -0.25) is 0 Å². The molecule has 0 radical (unpaired) electrons. The Morgan fingerprint density at radius 3 is 2.67 bits per heavy atom. The van der Waals surface area contributed by atoms with Crippen molar-refractivity contribution >= 4 is 28.0 Å². The quantitative estimate of drug-likeness (QED) is 0.695. The van der Waals surface area contributed by atoms with E-state index in [0.717, 1.165) is 22.4 Å². The van der Waals surface area contributed by atoms with Gasteiger partial charge in [-0.05, 0) is 36.8 Å². The van der Waals surface area contributed by atoms with Gasteiger partial charge in [-0.25, -0.2) is 13.8 Å². The average molecular weight is 285 g/mol. The number of pyridine rings is 1. The lowest BCUT2D eigenvalue weighted by Crippen LogP contribution is -1.99. The smallest absolute Gasteiger partial charge is 0.149 e. The van der Waals surface area contributed by atoms with Crippen molar-refractivity contribution in [3.63, 3.8) is 0 Å². The molecule has 0 fully saturated rings. The summed E-state index contributed by atoms with van der Waals surface area (Å²) in [4.78, 5) is 4.24. The number of nitrogen functional groups attached to an aromatic ring is 1. The van der Waals surface area contributed by atoms with Gasteiger partial charge in [0.1, 0.15) is 17.5 Å². The summed E-state index contributed by atoms with van der Waals surface area (Å²) in [7, 11) is 0. The number of hydrogen-bond donors (Lipinski definition) is 2. The summed E-state index contributed by atoms with van der Waals surface area (Å²) >= 11 is 0. The lowest BCUT2D eigenvalue weighted by atomic mass is 10.1. The molecule has 0 spiro atoms. The zero-order valence-electron chi connectivity index (χ0n) is 11.3. The number of aromatic nitrogens is 1. The molecule has 0 bridgehead atoms. The summed E-state index contributed by atoms with van der Waals surface area (Å²) in [6, 6.07) is 8.87. The lowest BCUT2D eigenvalue weighted by molar-refractivity contribution is 0.586. The predicted molar refractivity (Wildman–Crippen MR) is 80.5 cm³/mol. The molecular formula is C16H13F2N3. The van der Waals surface area contributed by atoms with Crippen LogP contribution < -0.4 is 11.1 Å². The van der Waals surface area contributed by atoms with Gasteiger partial charge in [-0.15, -0.1) is 0 Å². The van der Waals surface area contributed by atoms with Crippen LogP contribution in [0.5, 0.6) is 0 Å². The van der Waals surface area contributed by atoms with Crippen molar-refractivity contribution in [2.24, 2.45) is 0 Å². The number of aryl methyl sites for hydroxylation is 1. The van der Waals surface area contributed by atoms with Crippen LogP contribution in [0.15, 0.2) is 42.6 Å². The molecule has 0 aliphatic carbocycles. The maximum atomic E-state index is 13.8. The van der Waals surface area contributed by atoms with E-state index in [-0.39, 0.29) is 5.69 Å². The third-order valence-electron chi connectivity index (χ3n) is 3.35. The molecule has 3 N–H and O–H groups in total. The largest absolute Gasteiger partial charge is 0.398 e. The molecule has 0 unspecified atom stereocenters. The first kappa shape index (κ1) is 13.3. The molecule has 0 amide bonds. The molecule has 21 heavy (non-hydrogen) atoms. The summed E-state index contributed by atoms with van der Waals surface area (Å²) in [5.41, 5.74) is 7.72. The standard InChI is InChI=1S/C16H13F2N3/c1-9-2-4-13(19)11-6-7-20-16(15(9)11)21-14-5-3-10(17)8-12(14)18/h2-8H,19H2,1H3,(H,20,21). The Morgan fingerprint density at radius 2 is 1.90 bits per heavy atom. The first-order valence-corrected chi connectivity index (χ1v) is 6.42. The second-order valence-corrected chi connectivity index (χ2v) is 4.80. The Kier molecular flexibility index (Phi) is 3.17. The number of halogens is 2. The molecule has 0 atom stereocenters. The second-order valence-electron chi connectivity index (χ2n) is 4.80. The zero-order valence-corrected chi connectivity index (χ0v) is 11.3. The monoisotopic (exact) mass is 285 g/mol. The van der Waals surface area contributed by atoms with Gasteiger partial charge >= 0.3 is 0 Å². The highest BCUT2D eigenvalue weighted by Crippen LogP contribution is 2.31. The average Bonchev–Trinajstić information content (AvgIpc) is 2.46. The molecule has 3 rings (SSSR count). The maximum absolute atomic E-state index is 13.8. The maximum Gasteiger partial charge on any atom is 0.149 e. The molecule has 106 valence electrons. The number of nitrogens with one attached hydrogen (secondary N) is 1. The van der Waals surface area contributed by atoms with E-state index in [0.29, 0.717) is 11.5 Å². The predicted octanol–water partition coefficient (Wildman–Crippen LogP) is 4.15. The fourth-order valence-corrected chi connectivity index (χ4v) is 2.30. The third-order valence-corrected chi connectivity index (χ3v) is 3.35. The number of benzene rings is 2. The molecular weight excluding hydrogens is 272 g/mol. The van der Waals surface area contributed by atoms with Crippen LogP contribution in [0.4, 0.5) is 26.0 Å². The number of nitrogens with zero attached hydrogens (tertiary/aromatic N) is 1. The van der Waals surface area contributed by atoms with E-state index in [9.17, 15) is 8.78 Å². The summed E-state index contributed by atoms with van der Waals surface area (Å²) in [5, 5.41) is 4.57. The summed E-state index contributed by atoms with van der Waals surface area (Å²) < 4.78 is 26.7. The van der Waals surface area contributed by atoms with Crippen molar-refractivity contribution in [2.45, 2.75) is 6.92 Å². The second kappa shape index (κ2) is 5.01. The Morgan fingerprint density at radius 1 is 1.10 bits per heavy atom. The van der Waals surface area contributed by atoms with Crippen molar-refractivity contribution in [3.05, 3.63) is 59.8 Å². The van der Waals surface area contributed by atoms with Crippen molar-refractivity contribution < 1.29 is 8.78 Å². The van der Waals surface area contributed by atoms with Crippen LogP contribution in [0.2, 0.25) is 0 Å². The highest BCUT2D eigenvalue weighted by molar-refractivity contribution is 6.02.